The summed E-state index contributed by atoms with van der Waals surface area (Å²) in [5.41, 5.74) is 0.746. The zero-order valence-corrected chi connectivity index (χ0v) is 15.3. The van der Waals surface area contributed by atoms with Crippen molar-refractivity contribution in [1.82, 2.24) is 14.9 Å². The van der Waals surface area contributed by atoms with E-state index in [9.17, 15) is 0 Å². The van der Waals surface area contributed by atoms with Crippen LogP contribution < -0.4 is 14.8 Å². The van der Waals surface area contributed by atoms with Gasteiger partial charge >= 0.3 is 0 Å². The molecule has 25 heavy (non-hydrogen) atoms. The fourth-order valence-corrected chi connectivity index (χ4v) is 3.75. The van der Waals surface area contributed by atoms with E-state index in [1.54, 1.807) is 14.2 Å². The number of ether oxygens (including phenoxy) is 2. The number of anilines is 1. The second-order valence-corrected chi connectivity index (χ2v) is 7.09. The van der Waals surface area contributed by atoms with Gasteiger partial charge < -0.3 is 19.7 Å². The van der Waals surface area contributed by atoms with Crippen molar-refractivity contribution in [2.75, 3.05) is 32.6 Å². The van der Waals surface area contributed by atoms with Crippen LogP contribution in [0.1, 0.15) is 25.7 Å². The molecule has 2 heterocycles. The van der Waals surface area contributed by atoms with Crippen molar-refractivity contribution >= 4 is 28.3 Å². The van der Waals surface area contributed by atoms with Gasteiger partial charge in [0.05, 0.1) is 19.7 Å². The first-order valence-corrected chi connectivity index (χ1v) is 9.15. The highest BCUT2D eigenvalue weighted by Crippen LogP contribution is 2.35. The summed E-state index contributed by atoms with van der Waals surface area (Å²) in [6.45, 7) is 2.30. The van der Waals surface area contributed by atoms with Gasteiger partial charge in [0.15, 0.2) is 11.5 Å². The average Bonchev–Trinajstić information content (AvgIpc) is 3.46. The highest BCUT2D eigenvalue weighted by atomic mass is 35.5. The highest BCUT2D eigenvalue weighted by molar-refractivity contribution is 6.28. The molecule has 2 aromatic rings. The summed E-state index contributed by atoms with van der Waals surface area (Å²) >= 11 is 6.14. The molecule has 1 aromatic carbocycles. The number of hydrogen-bond acceptors (Lipinski definition) is 6. The van der Waals surface area contributed by atoms with E-state index in [-0.39, 0.29) is 5.28 Å². The molecule has 1 aliphatic heterocycles. The molecule has 2 fully saturated rings. The molecule has 1 N–H and O–H groups in total. The van der Waals surface area contributed by atoms with Gasteiger partial charge in [-0.25, -0.2) is 9.97 Å². The molecule has 2 aliphatic rings. The van der Waals surface area contributed by atoms with Crippen molar-refractivity contribution in [3.63, 3.8) is 0 Å². The van der Waals surface area contributed by atoms with E-state index in [0.717, 1.165) is 48.7 Å². The molecule has 0 unspecified atom stereocenters. The van der Waals surface area contributed by atoms with Crippen LogP contribution in [0.5, 0.6) is 11.5 Å². The number of benzene rings is 1. The third-order valence-corrected chi connectivity index (χ3v) is 5.28. The molecular weight excluding hydrogens is 340 g/mol. The van der Waals surface area contributed by atoms with Crippen LogP contribution in [0, 0.1) is 0 Å². The Hall–Kier alpha value is -1.79. The summed E-state index contributed by atoms with van der Waals surface area (Å²) in [7, 11) is 3.24. The fraction of sp³-hybridized carbons (Fsp3) is 0.556. The summed E-state index contributed by atoms with van der Waals surface area (Å²) < 4.78 is 10.8. The third-order valence-electron chi connectivity index (χ3n) is 5.11. The Morgan fingerprint density at radius 1 is 1.04 bits per heavy atom. The van der Waals surface area contributed by atoms with E-state index in [4.69, 9.17) is 21.1 Å². The van der Waals surface area contributed by atoms with Crippen molar-refractivity contribution in [1.29, 1.82) is 0 Å². The second-order valence-electron chi connectivity index (χ2n) is 6.75. The normalized spacial score (nSPS) is 19.2. The standard InChI is InChI=1S/C18H23ClN4O2/c1-24-15-9-13-14(10-16(15)25-2)21-18(19)22-17(13)20-11-5-7-23(8-6-11)12-3-4-12/h9-12H,3-8H2,1-2H3,(H,20,21,22). The number of fused-ring (bicyclic) bond motifs is 1. The van der Waals surface area contributed by atoms with Gasteiger partial charge in [-0.3, -0.25) is 0 Å². The van der Waals surface area contributed by atoms with Crippen molar-refractivity contribution in [2.45, 2.75) is 37.8 Å². The predicted octanol–water partition coefficient (Wildman–Crippen LogP) is 3.34. The smallest absolute Gasteiger partial charge is 0.224 e. The van der Waals surface area contributed by atoms with Crippen LogP contribution >= 0.6 is 11.6 Å². The molecular formula is C18H23ClN4O2. The Morgan fingerprint density at radius 3 is 2.36 bits per heavy atom. The summed E-state index contributed by atoms with van der Waals surface area (Å²) in [6.07, 6.45) is 4.97. The summed E-state index contributed by atoms with van der Waals surface area (Å²) in [5.74, 6) is 2.06. The maximum absolute atomic E-state index is 6.14. The van der Waals surface area contributed by atoms with E-state index in [0.29, 0.717) is 17.5 Å². The summed E-state index contributed by atoms with van der Waals surface area (Å²) in [4.78, 5) is 11.4. The molecule has 1 saturated heterocycles. The van der Waals surface area contributed by atoms with Crippen molar-refractivity contribution in [2.24, 2.45) is 0 Å². The summed E-state index contributed by atoms with van der Waals surface area (Å²) in [6, 6.07) is 4.98. The van der Waals surface area contributed by atoms with Crippen molar-refractivity contribution in [3.05, 3.63) is 17.4 Å². The van der Waals surface area contributed by atoms with Crippen LogP contribution in [-0.4, -0.2) is 54.3 Å². The Labute approximate surface area is 152 Å². The van der Waals surface area contributed by atoms with Gasteiger partial charge in [0.1, 0.15) is 5.82 Å². The Bertz CT molecular complexity index is 773. The fourth-order valence-electron chi connectivity index (χ4n) is 3.58. The van der Waals surface area contributed by atoms with Crippen molar-refractivity contribution < 1.29 is 9.47 Å². The van der Waals surface area contributed by atoms with Crippen LogP contribution in [0.15, 0.2) is 12.1 Å². The molecule has 4 rings (SSSR count). The van der Waals surface area contributed by atoms with Crippen LogP contribution in [0.2, 0.25) is 5.28 Å². The monoisotopic (exact) mass is 362 g/mol. The number of hydrogen-bond donors (Lipinski definition) is 1. The minimum atomic E-state index is 0.234. The van der Waals surface area contributed by atoms with Crippen LogP contribution in [-0.2, 0) is 0 Å². The lowest BCUT2D eigenvalue weighted by atomic mass is 10.0. The van der Waals surface area contributed by atoms with E-state index >= 15 is 0 Å². The SMILES string of the molecule is COc1cc2nc(Cl)nc(NC3CCN(C4CC4)CC3)c2cc1OC. The Morgan fingerprint density at radius 2 is 1.72 bits per heavy atom. The first kappa shape index (κ1) is 16.7. The van der Waals surface area contributed by atoms with Gasteiger partial charge in [-0.05, 0) is 43.4 Å². The molecule has 0 spiro atoms. The zero-order chi connectivity index (χ0) is 17.4. The first-order chi connectivity index (χ1) is 12.2. The molecule has 0 amide bonds. The molecule has 7 heteroatoms. The van der Waals surface area contributed by atoms with E-state index < -0.39 is 0 Å². The van der Waals surface area contributed by atoms with E-state index in [1.165, 1.54) is 12.8 Å². The highest BCUT2D eigenvalue weighted by Gasteiger charge is 2.32. The maximum Gasteiger partial charge on any atom is 0.224 e. The molecule has 0 bridgehead atoms. The number of aromatic nitrogens is 2. The topological polar surface area (TPSA) is 59.5 Å². The number of piperidine rings is 1. The van der Waals surface area contributed by atoms with Crippen LogP contribution in [0.4, 0.5) is 5.82 Å². The molecule has 0 atom stereocenters. The third kappa shape index (κ3) is 3.46. The van der Waals surface area contributed by atoms with Crippen molar-refractivity contribution in [3.8, 4) is 11.5 Å². The molecule has 6 nitrogen and oxygen atoms in total. The lowest BCUT2D eigenvalue weighted by molar-refractivity contribution is 0.210. The van der Waals surface area contributed by atoms with Gasteiger partial charge in [-0.15, -0.1) is 0 Å². The number of methoxy groups -OCH3 is 2. The number of likely N-dealkylation sites (tertiary alicyclic amines) is 1. The zero-order valence-electron chi connectivity index (χ0n) is 14.6. The van der Waals surface area contributed by atoms with Gasteiger partial charge in [0.25, 0.3) is 0 Å². The molecule has 1 aliphatic carbocycles. The Balaban J connectivity index is 1.59. The number of halogens is 1. The average molecular weight is 363 g/mol. The first-order valence-electron chi connectivity index (χ1n) is 8.78. The van der Waals surface area contributed by atoms with Crippen LogP contribution in [0.25, 0.3) is 10.9 Å². The Kier molecular flexibility index (Phi) is 4.56. The number of rotatable bonds is 5. The van der Waals surface area contributed by atoms with Gasteiger partial charge in [-0.2, -0.15) is 0 Å². The lowest BCUT2D eigenvalue weighted by Gasteiger charge is -2.32. The molecule has 1 aromatic heterocycles. The summed E-state index contributed by atoms with van der Waals surface area (Å²) in [5, 5.41) is 4.70. The quantitative estimate of drug-likeness (QED) is 0.823. The molecule has 1 saturated carbocycles. The molecule has 0 radical (unpaired) electrons. The van der Waals surface area contributed by atoms with Crippen LogP contribution in [0.3, 0.4) is 0 Å². The van der Waals surface area contributed by atoms with Gasteiger partial charge in [-0.1, -0.05) is 0 Å². The van der Waals surface area contributed by atoms with Gasteiger partial charge in [0, 0.05) is 36.6 Å². The molecule has 134 valence electrons. The maximum atomic E-state index is 6.14. The number of nitrogens with one attached hydrogen (secondary N) is 1. The lowest BCUT2D eigenvalue weighted by Crippen LogP contribution is -2.40. The van der Waals surface area contributed by atoms with E-state index in [2.05, 4.69) is 20.2 Å². The predicted molar refractivity (Wildman–Crippen MR) is 98.9 cm³/mol. The minimum Gasteiger partial charge on any atom is -0.493 e. The van der Waals surface area contributed by atoms with Gasteiger partial charge in [0.2, 0.25) is 5.28 Å². The minimum absolute atomic E-state index is 0.234. The number of nitrogens with zero attached hydrogens (tertiary/aromatic N) is 3. The van der Waals surface area contributed by atoms with E-state index in [1.807, 2.05) is 12.1 Å². The second kappa shape index (κ2) is 6.84. The largest absolute Gasteiger partial charge is 0.493 e.